The molecule has 1 saturated carbocycles. The highest BCUT2D eigenvalue weighted by molar-refractivity contribution is 5.94. The molecule has 0 saturated heterocycles. The first-order chi connectivity index (χ1) is 11.8. The SMILES string of the molecule is O=C(N[C@H]1CC[C@H]1c1ccc(F)cc1F)c1ncccc1C(F)(F)F. The van der Waals surface area contributed by atoms with Gasteiger partial charge in [0.15, 0.2) is 0 Å². The summed E-state index contributed by atoms with van der Waals surface area (Å²) in [6.07, 6.45) is -2.58. The summed E-state index contributed by atoms with van der Waals surface area (Å²) < 4.78 is 65.8. The van der Waals surface area contributed by atoms with Crippen LogP contribution in [0.1, 0.15) is 40.4 Å². The van der Waals surface area contributed by atoms with Crippen LogP contribution in [0, 0.1) is 11.6 Å². The monoisotopic (exact) mass is 356 g/mol. The molecule has 1 aliphatic carbocycles. The van der Waals surface area contributed by atoms with Crippen LogP contribution in [0.15, 0.2) is 36.5 Å². The topological polar surface area (TPSA) is 42.0 Å². The first-order valence-electron chi connectivity index (χ1n) is 7.55. The molecule has 8 heteroatoms. The van der Waals surface area contributed by atoms with Crippen LogP contribution in [0.25, 0.3) is 0 Å². The maximum absolute atomic E-state index is 13.9. The minimum atomic E-state index is -4.71. The number of rotatable bonds is 3. The van der Waals surface area contributed by atoms with Crippen molar-refractivity contribution in [3.8, 4) is 0 Å². The average molecular weight is 356 g/mol. The van der Waals surface area contributed by atoms with Crippen LogP contribution in [0.2, 0.25) is 0 Å². The van der Waals surface area contributed by atoms with Crippen LogP contribution in [0.3, 0.4) is 0 Å². The largest absolute Gasteiger partial charge is 0.418 e. The molecule has 0 unspecified atom stereocenters. The highest BCUT2D eigenvalue weighted by Crippen LogP contribution is 2.39. The van der Waals surface area contributed by atoms with Gasteiger partial charge in [-0.2, -0.15) is 13.2 Å². The number of carbonyl (C=O) groups is 1. The van der Waals surface area contributed by atoms with Crippen molar-refractivity contribution in [1.82, 2.24) is 10.3 Å². The van der Waals surface area contributed by atoms with Gasteiger partial charge in [0.1, 0.15) is 17.3 Å². The minimum absolute atomic E-state index is 0.231. The van der Waals surface area contributed by atoms with Crippen LogP contribution < -0.4 is 5.32 Å². The van der Waals surface area contributed by atoms with Crippen LogP contribution in [-0.2, 0) is 6.18 Å². The molecule has 1 aromatic carbocycles. The van der Waals surface area contributed by atoms with Crippen molar-refractivity contribution in [1.29, 1.82) is 0 Å². The molecule has 1 aliphatic rings. The molecule has 2 atom stereocenters. The highest BCUT2D eigenvalue weighted by atomic mass is 19.4. The Hall–Kier alpha value is -2.51. The molecule has 1 heterocycles. The van der Waals surface area contributed by atoms with E-state index in [-0.39, 0.29) is 5.56 Å². The minimum Gasteiger partial charge on any atom is -0.347 e. The van der Waals surface area contributed by atoms with Crippen molar-refractivity contribution < 1.29 is 26.7 Å². The molecule has 1 fully saturated rings. The van der Waals surface area contributed by atoms with Crippen molar-refractivity contribution in [3.63, 3.8) is 0 Å². The Labute approximate surface area is 139 Å². The van der Waals surface area contributed by atoms with Crippen LogP contribution in [0.5, 0.6) is 0 Å². The van der Waals surface area contributed by atoms with E-state index in [1.165, 1.54) is 6.07 Å². The molecule has 0 radical (unpaired) electrons. The number of alkyl halides is 3. The van der Waals surface area contributed by atoms with Gasteiger partial charge in [0.2, 0.25) is 0 Å². The third-order valence-corrected chi connectivity index (χ3v) is 4.28. The summed E-state index contributed by atoms with van der Waals surface area (Å²) in [4.78, 5) is 15.7. The fourth-order valence-corrected chi connectivity index (χ4v) is 2.90. The molecule has 0 bridgehead atoms. The molecular formula is C17H13F5N2O. The molecule has 2 aromatic rings. The second-order valence-electron chi connectivity index (χ2n) is 5.83. The number of pyridine rings is 1. The lowest BCUT2D eigenvalue weighted by molar-refractivity contribution is -0.138. The van der Waals surface area contributed by atoms with Gasteiger partial charge in [0.05, 0.1) is 5.56 Å². The number of amides is 1. The van der Waals surface area contributed by atoms with Crippen LogP contribution >= 0.6 is 0 Å². The Morgan fingerprint density at radius 2 is 1.92 bits per heavy atom. The predicted molar refractivity (Wildman–Crippen MR) is 78.8 cm³/mol. The molecule has 1 N–H and O–H groups in total. The third-order valence-electron chi connectivity index (χ3n) is 4.28. The fourth-order valence-electron chi connectivity index (χ4n) is 2.90. The van der Waals surface area contributed by atoms with E-state index in [4.69, 9.17) is 0 Å². The van der Waals surface area contributed by atoms with Crippen LogP contribution in [0.4, 0.5) is 22.0 Å². The van der Waals surface area contributed by atoms with Gasteiger partial charge in [0, 0.05) is 24.2 Å². The Balaban J connectivity index is 1.78. The van der Waals surface area contributed by atoms with E-state index >= 15 is 0 Å². The molecule has 1 aromatic heterocycles. The van der Waals surface area contributed by atoms with Gasteiger partial charge in [0.25, 0.3) is 5.91 Å². The molecule has 3 rings (SSSR count). The first-order valence-corrected chi connectivity index (χ1v) is 7.55. The maximum atomic E-state index is 13.9. The lowest BCUT2D eigenvalue weighted by atomic mass is 9.74. The Bertz CT molecular complexity index is 806. The van der Waals surface area contributed by atoms with Crippen molar-refractivity contribution in [2.24, 2.45) is 0 Å². The van der Waals surface area contributed by atoms with E-state index in [1.807, 2.05) is 0 Å². The summed E-state index contributed by atoms with van der Waals surface area (Å²) >= 11 is 0. The zero-order chi connectivity index (χ0) is 18.2. The smallest absolute Gasteiger partial charge is 0.347 e. The summed E-state index contributed by atoms with van der Waals surface area (Å²) in [7, 11) is 0. The predicted octanol–water partition coefficient (Wildman–Crippen LogP) is 4.05. The standard InChI is InChI=1S/C17H13F5N2O/c18-9-3-4-10(13(19)8-9)11-5-6-14(11)24-16(25)15-12(17(20,21)22)2-1-7-23-15/h1-4,7-8,11,14H,5-6H2,(H,24,25)/t11-,14-/m0/s1. The van der Waals surface area contributed by atoms with Gasteiger partial charge in [-0.25, -0.2) is 8.78 Å². The Kier molecular flexibility index (Phi) is 4.45. The lowest BCUT2D eigenvalue weighted by Crippen LogP contribution is -2.46. The number of hydrogen-bond acceptors (Lipinski definition) is 2. The summed E-state index contributed by atoms with van der Waals surface area (Å²) in [6, 6.07) is 4.48. The average Bonchev–Trinajstić information content (AvgIpc) is 2.53. The van der Waals surface area contributed by atoms with Crippen molar-refractivity contribution in [2.45, 2.75) is 31.0 Å². The quantitative estimate of drug-likeness (QED) is 0.843. The molecule has 3 nitrogen and oxygen atoms in total. The number of nitrogens with one attached hydrogen (secondary N) is 1. The van der Waals surface area contributed by atoms with Crippen LogP contribution in [-0.4, -0.2) is 16.9 Å². The van der Waals surface area contributed by atoms with E-state index < -0.39 is 46.9 Å². The van der Waals surface area contributed by atoms with E-state index in [0.29, 0.717) is 12.8 Å². The van der Waals surface area contributed by atoms with E-state index in [1.54, 1.807) is 0 Å². The second kappa shape index (κ2) is 6.42. The third kappa shape index (κ3) is 3.47. The summed E-state index contributed by atoms with van der Waals surface area (Å²) in [5.74, 6) is -2.84. The number of aromatic nitrogens is 1. The van der Waals surface area contributed by atoms with Gasteiger partial charge in [-0.3, -0.25) is 9.78 Å². The maximum Gasteiger partial charge on any atom is 0.418 e. The number of benzene rings is 1. The molecule has 25 heavy (non-hydrogen) atoms. The zero-order valence-corrected chi connectivity index (χ0v) is 12.8. The van der Waals surface area contributed by atoms with Gasteiger partial charge >= 0.3 is 6.18 Å². The van der Waals surface area contributed by atoms with E-state index in [2.05, 4.69) is 10.3 Å². The van der Waals surface area contributed by atoms with Gasteiger partial charge < -0.3 is 5.32 Å². The Morgan fingerprint density at radius 3 is 2.52 bits per heavy atom. The van der Waals surface area contributed by atoms with Gasteiger partial charge in [-0.15, -0.1) is 0 Å². The lowest BCUT2D eigenvalue weighted by Gasteiger charge is -2.37. The van der Waals surface area contributed by atoms with Crippen molar-refractivity contribution in [2.75, 3.05) is 0 Å². The fraction of sp³-hybridized carbons (Fsp3) is 0.294. The zero-order valence-electron chi connectivity index (χ0n) is 12.8. The van der Waals surface area contributed by atoms with E-state index in [9.17, 15) is 26.7 Å². The van der Waals surface area contributed by atoms with Gasteiger partial charge in [-0.1, -0.05) is 6.07 Å². The summed E-state index contributed by atoms with van der Waals surface area (Å²) in [6.45, 7) is 0. The summed E-state index contributed by atoms with van der Waals surface area (Å²) in [5.41, 5.74) is -1.62. The Morgan fingerprint density at radius 1 is 1.16 bits per heavy atom. The number of carbonyl (C=O) groups excluding carboxylic acids is 1. The molecule has 132 valence electrons. The number of nitrogens with zero attached hydrogens (tertiary/aromatic N) is 1. The van der Waals surface area contributed by atoms with E-state index in [0.717, 1.165) is 30.5 Å². The normalized spacial score (nSPS) is 20.0. The molecule has 1 amide bonds. The molecular weight excluding hydrogens is 343 g/mol. The first kappa shape index (κ1) is 17.3. The highest BCUT2D eigenvalue weighted by Gasteiger charge is 2.39. The molecule has 0 aliphatic heterocycles. The molecule has 0 spiro atoms. The van der Waals surface area contributed by atoms with Crippen molar-refractivity contribution >= 4 is 5.91 Å². The van der Waals surface area contributed by atoms with Crippen molar-refractivity contribution in [3.05, 3.63) is 65.0 Å². The number of halogens is 5. The summed E-state index contributed by atoms with van der Waals surface area (Å²) in [5, 5.41) is 2.47. The second-order valence-corrected chi connectivity index (χ2v) is 5.83. The van der Waals surface area contributed by atoms with Gasteiger partial charge in [-0.05, 0) is 36.6 Å². The number of hydrogen-bond donors (Lipinski definition) is 1.